The van der Waals surface area contributed by atoms with Gasteiger partial charge >= 0.3 is 5.97 Å². The highest BCUT2D eigenvalue weighted by Crippen LogP contribution is 2.05. The van der Waals surface area contributed by atoms with Crippen molar-refractivity contribution in [3.8, 4) is 0 Å². The molecule has 0 aromatic heterocycles. The molecule has 6 heteroatoms. The van der Waals surface area contributed by atoms with Crippen molar-refractivity contribution in [1.29, 1.82) is 0 Å². The first-order valence-electron chi connectivity index (χ1n) is 7.28. The predicted octanol–water partition coefficient (Wildman–Crippen LogP) is 0.934. The molecule has 1 amide bonds. The zero-order chi connectivity index (χ0) is 15.2. The summed E-state index contributed by atoms with van der Waals surface area (Å²) in [4.78, 5) is 25.0. The minimum Gasteiger partial charge on any atom is -0.465 e. The van der Waals surface area contributed by atoms with E-state index < -0.39 is 0 Å². The van der Waals surface area contributed by atoms with Crippen LogP contribution in [-0.4, -0.2) is 56.7 Å². The van der Waals surface area contributed by atoms with Gasteiger partial charge in [-0.1, -0.05) is 12.8 Å². The minimum absolute atomic E-state index is 0.00116. The molecule has 0 aliphatic heterocycles. The van der Waals surface area contributed by atoms with Crippen LogP contribution in [0.15, 0.2) is 0 Å². The van der Waals surface area contributed by atoms with Gasteiger partial charge in [-0.2, -0.15) is 0 Å². The Kier molecular flexibility index (Phi) is 12.1. The lowest BCUT2D eigenvalue weighted by Crippen LogP contribution is -2.38. The van der Waals surface area contributed by atoms with Gasteiger partial charge in [0.05, 0.1) is 13.2 Å². The average Bonchev–Trinajstić information content (AvgIpc) is 2.43. The average molecular weight is 288 g/mol. The second-order valence-electron chi connectivity index (χ2n) is 4.57. The summed E-state index contributed by atoms with van der Waals surface area (Å²) in [5, 5.41) is 0. The minimum atomic E-state index is -0.375. The van der Waals surface area contributed by atoms with Crippen LogP contribution >= 0.6 is 0 Å². The van der Waals surface area contributed by atoms with Crippen molar-refractivity contribution in [2.24, 2.45) is 5.73 Å². The topological polar surface area (TPSA) is 81.9 Å². The first-order valence-corrected chi connectivity index (χ1v) is 7.28. The largest absolute Gasteiger partial charge is 0.465 e. The molecule has 0 radical (unpaired) electrons. The van der Waals surface area contributed by atoms with Gasteiger partial charge in [-0.25, -0.2) is 0 Å². The molecule has 0 saturated heterocycles. The van der Waals surface area contributed by atoms with Crippen LogP contribution in [0.1, 0.15) is 39.0 Å². The highest BCUT2D eigenvalue weighted by molar-refractivity contribution is 5.82. The monoisotopic (exact) mass is 288 g/mol. The van der Waals surface area contributed by atoms with Gasteiger partial charge in [0.2, 0.25) is 5.91 Å². The summed E-state index contributed by atoms with van der Waals surface area (Å²) < 4.78 is 9.83. The van der Waals surface area contributed by atoms with Crippen LogP contribution in [0.4, 0.5) is 0 Å². The molecular weight excluding hydrogens is 260 g/mol. The molecule has 20 heavy (non-hydrogen) atoms. The lowest BCUT2D eigenvalue weighted by Gasteiger charge is -2.21. The van der Waals surface area contributed by atoms with Gasteiger partial charge in [0.1, 0.15) is 6.54 Å². The second-order valence-corrected chi connectivity index (χ2v) is 4.57. The van der Waals surface area contributed by atoms with Gasteiger partial charge < -0.3 is 20.1 Å². The molecule has 0 aromatic rings. The molecule has 0 aromatic carbocycles. The molecule has 0 atom stereocenters. The van der Waals surface area contributed by atoms with Crippen LogP contribution in [0.5, 0.6) is 0 Å². The summed E-state index contributed by atoms with van der Waals surface area (Å²) in [6, 6.07) is 0. The highest BCUT2D eigenvalue weighted by atomic mass is 16.5. The molecule has 0 spiro atoms. The Morgan fingerprint density at radius 1 is 1.15 bits per heavy atom. The van der Waals surface area contributed by atoms with Gasteiger partial charge in [-0.3, -0.25) is 9.59 Å². The Balaban J connectivity index is 4.09. The Labute approximate surface area is 121 Å². The summed E-state index contributed by atoms with van der Waals surface area (Å²) in [6.07, 6.45) is 4.30. The summed E-state index contributed by atoms with van der Waals surface area (Å²) >= 11 is 0. The van der Waals surface area contributed by atoms with Crippen molar-refractivity contribution in [3.63, 3.8) is 0 Å². The van der Waals surface area contributed by atoms with Crippen LogP contribution in [0.25, 0.3) is 0 Å². The summed E-state index contributed by atoms with van der Waals surface area (Å²) in [7, 11) is 1.57. The molecular formula is C14H28N2O4. The van der Waals surface area contributed by atoms with E-state index >= 15 is 0 Å². The number of carbonyl (C=O) groups is 2. The number of methoxy groups -OCH3 is 1. The van der Waals surface area contributed by atoms with Gasteiger partial charge in [-0.05, 0) is 26.3 Å². The van der Waals surface area contributed by atoms with E-state index in [1.54, 1.807) is 14.0 Å². The van der Waals surface area contributed by atoms with E-state index in [1.807, 2.05) is 0 Å². The molecule has 2 N–H and O–H groups in total. The molecule has 0 aliphatic carbocycles. The summed E-state index contributed by atoms with van der Waals surface area (Å²) in [5.74, 6) is -0.400. The number of nitrogens with zero attached hydrogens (tertiary/aromatic N) is 1. The lowest BCUT2D eigenvalue weighted by molar-refractivity contribution is -0.149. The van der Waals surface area contributed by atoms with Gasteiger partial charge in [0.15, 0.2) is 0 Å². The number of rotatable bonds is 12. The maximum atomic E-state index is 12.1. The van der Waals surface area contributed by atoms with Crippen molar-refractivity contribution in [2.45, 2.75) is 39.0 Å². The number of esters is 1. The third-order valence-electron chi connectivity index (χ3n) is 2.89. The van der Waals surface area contributed by atoms with Crippen molar-refractivity contribution in [1.82, 2.24) is 4.90 Å². The lowest BCUT2D eigenvalue weighted by atomic mass is 10.1. The third kappa shape index (κ3) is 9.75. The van der Waals surface area contributed by atoms with Gasteiger partial charge in [0.25, 0.3) is 0 Å². The first kappa shape index (κ1) is 18.9. The molecule has 0 fully saturated rings. The summed E-state index contributed by atoms with van der Waals surface area (Å²) in [6.45, 7) is 3.59. The van der Waals surface area contributed by atoms with Crippen LogP contribution in [0.3, 0.4) is 0 Å². The zero-order valence-corrected chi connectivity index (χ0v) is 12.7. The zero-order valence-electron chi connectivity index (χ0n) is 12.7. The number of hydrogen-bond donors (Lipinski definition) is 1. The van der Waals surface area contributed by atoms with Crippen LogP contribution in [0, 0.1) is 0 Å². The summed E-state index contributed by atoms with van der Waals surface area (Å²) in [5.41, 5.74) is 5.42. The highest BCUT2D eigenvalue weighted by Gasteiger charge is 2.17. The van der Waals surface area contributed by atoms with Crippen molar-refractivity contribution >= 4 is 11.9 Å². The van der Waals surface area contributed by atoms with Crippen molar-refractivity contribution in [2.75, 3.05) is 40.0 Å². The molecule has 0 bridgehead atoms. The van der Waals surface area contributed by atoms with Crippen LogP contribution < -0.4 is 5.73 Å². The fourth-order valence-corrected chi connectivity index (χ4v) is 1.79. The predicted molar refractivity (Wildman–Crippen MR) is 77.2 cm³/mol. The fraction of sp³-hybridized carbons (Fsp3) is 0.857. The fourth-order valence-electron chi connectivity index (χ4n) is 1.79. The molecule has 0 saturated carbocycles. The molecule has 0 heterocycles. The number of nitrogens with two attached hydrogens (primary N) is 1. The number of carbonyl (C=O) groups excluding carboxylic acids is 2. The van der Waals surface area contributed by atoms with E-state index in [9.17, 15) is 9.59 Å². The van der Waals surface area contributed by atoms with Crippen molar-refractivity contribution in [3.05, 3.63) is 0 Å². The Bertz CT molecular complexity index is 272. The standard InChI is InChI=1S/C14H28N2O4/c1-3-20-14(18)12-16(10-11-19-2)13(17)8-6-4-5-7-9-15/h3-12,15H2,1-2H3. The van der Waals surface area contributed by atoms with E-state index in [1.165, 1.54) is 4.90 Å². The maximum Gasteiger partial charge on any atom is 0.325 e. The molecule has 0 unspecified atom stereocenters. The van der Waals surface area contributed by atoms with E-state index in [2.05, 4.69) is 0 Å². The van der Waals surface area contributed by atoms with Crippen LogP contribution in [0.2, 0.25) is 0 Å². The third-order valence-corrected chi connectivity index (χ3v) is 2.89. The van der Waals surface area contributed by atoms with E-state index in [4.69, 9.17) is 15.2 Å². The number of amides is 1. The molecule has 0 aliphatic rings. The molecule has 6 nitrogen and oxygen atoms in total. The molecule has 118 valence electrons. The number of unbranched alkanes of at least 4 members (excludes halogenated alkanes) is 3. The molecule has 0 rings (SSSR count). The normalized spacial score (nSPS) is 10.3. The number of ether oxygens (including phenoxy) is 2. The Morgan fingerprint density at radius 3 is 2.45 bits per heavy atom. The number of hydrogen-bond acceptors (Lipinski definition) is 5. The SMILES string of the molecule is CCOC(=O)CN(CCOC)C(=O)CCCCCCN. The van der Waals surface area contributed by atoms with Gasteiger partial charge in [0, 0.05) is 20.1 Å². The van der Waals surface area contributed by atoms with Crippen molar-refractivity contribution < 1.29 is 19.1 Å². The van der Waals surface area contributed by atoms with E-state index in [-0.39, 0.29) is 18.4 Å². The second kappa shape index (κ2) is 12.9. The Morgan fingerprint density at radius 2 is 1.85 bits per heavy atom. The Hall–Kier alpha value is -1.14. The first-order chi connectivity index (χ1) is 9.65. The smallest absolute Gasteiger partial charge is 0.325 e. The van der Waals surface area contributed by atoms with E-state index in [0.717, 1.165) is 25.7 Å². The van der Waals surface area contributed by atoms with Crippen LogP contribution in [-0.2, 0) is 19.1 Å². The maximum absolute atomic E-state index is 12.1. The van der Waals surface area contributed by atoms with Gasteiger partial charge in [-0.15, -0.1) is 0 Å². The quantitative estimate of drug-likeness (QED) is 0.427. The van der Waals surface area contributed by atoms with E-state index in [0.29, 0.717) is 32.7 Å².